The Kier molecular flexibility index (Phi) is 2.47. The van der Waals surface area contributed by atoms with Gasteiger partial charge in [-0.25, -0.2) is 4.39 Å². The summed E-state index contributed by atoms with van der Waals surface area (Å²) in [5, 5.41) is 1.94. The highest BCUT2D eigenvalue weighted by atomic mass is 79.9. The maximum atomic E-state index is 13.4. The van der Waals surface area contributed by atoms with Crippen LogP contribution in [0.25, 0.3) is 10.4 Å². The molecule has 2 rings (SSSR count). The van der Waals surface area contributed by atoms with Gasteiger partial charge in [0.25, 0.3) is 0 Å². The Morgan fingerprint density at radius 2 is 2.08 bits per heavy atom. The summed E-state index contributed by atoms with van der Waals surface area (Å²) in [7, 11) is 0. The highest BCUT2D eigenvalue weighted by Crippen LogP contribution is 2.28. The quantitative estimate of drug-likeness (QED) is 0.713. The van der Waals surface area contributed by atoms with Crippen molar-refractivity contribution in [3.05, 3.63) is 46.0 Å². The average Bonchev–Trinajstić information content (AvgIpc) is 2.56. The number of benzene rings is 1. The molecular weight excluding hydrogens is 251 g/mol. The first-order chi connectivity index (χ1) is 6.27. The third kappa shape index (κ3) is 1.81. The fraction of sp³-hybridized carbons (Fsp3) is 0. The van der Waals surface area contributed by atoms with E-state index in [0.717, 1.165) is 9.35 Å². The second-order valence-electron chi connectivity index (χ2n) is 2.60. The van der Waals surface area contributed by atoms with Gasteiger partial charge in [0.05, 0.1) is 0 Å². The molecule has 0 amide bonds. The van der Waals surface area contributed by atoms with E-state index in [1.54, 1.807) is 17.4 Å². The van der Waals surface area contributed by atoms with E-state index in [0.29, 0.717) is 5.56 Å². The minimum absolute atomic E-state index is 0.183. The van der Waals surface area contributed by atoms with E-state index >= 15 is 0 Å². The summed E-state index contributed by atoms with van der Waals surface area (Å²) in [5.74, 6) is -0.183. The van der Waals surface area contributed by atoms with Crippen LogP contribution in [-0.2, 0) is 0 Å². The number of rotatable bonds is 1. The second-order valence-corrected chi connectivity index (χ2v) is 4.46. The van der Waals surface area contributed by atoms with Crippen LogP contribution in [0, 0.1) is 5.82 Å². The predicted molar refractivity (Wildman–Crippen MR) is 57.4 cm³/mol. The van der Waals surface area contributed by atoms with Crippen LogP contribution in [0.4, 0.5) is 4.39 Å². The van der Waals surface area contributed by atoms with Crippen LogP contribution in [0.5, 0.6) is 0 Å². The van der Waals surface area contributed by atoms with Gasteiger partial charge in [-0.3, -0.25) is 0 Å². The first-order valence-corrected chi connectivity index (χ1v) is 5.43. The van der Waals surface area contributed by atoms with Gasteiger partial charge in [0.2, 0.25) is 0 Å². The lowest BCUT2D eigenvalue weighted by Gasteiger charge is -1.99. The van der Waals surface area contributed by atoms with E-state index in [2.05, 4.69) is 15.9 Å². The smallest absolute Gasteiger partial charge is 0.132 e. The molecule has 0 aliphatic heterocycles. The lowest BCUT2D eigenvalue weighted by molar-refractivity contribution is 0.631. The lowest BCUT2D eigenvalue weighted by atomic mass is 10.2. The van der Waals surface area contributed by atoms with Crippen molar-refractivity contribution in [1.29, 1.82) is 0 Å². The summed E-state index contributed by atoms with van der Waals surface area (Å²) in [4.78, 5) is 0.963. The third-order valence-electron chi connectivity index (χ3n) is 1.72. The highest BCUT2D eigenvalue weighted by Gasteiger charge is 2.05. The van der Waals surface area contributed by atoms with E-state index < -0.39 is 0 Å². The van der Waals surface area contributed by atoms with Crippen LogP contribution in [0.1, 0.15) is 0 Å². The fourth-order valence-electron chi connectivity index (χ4n) is 1.12. The van der Waals surface area contributed by atoms with Crippen LogP contribution in [0.2, 0.25) is 0 Å². The van der Waals surface area contributed by atoms with Crippen molar-refractivity contribution in [2.24, 2.45) is 0 Å². The van der Waals surface area contributed by atoms with Crippen molar-refractivity contribution < 1.29 is 4.39 Å². The predicted octanol–water partition coefficient (Wildman–Crippen LogP) is 4.32. The highest BCUT2D eigenvalue weighted by molar-refractivity contribution is 9.10. The van der Waals surface area contributed by atoms with Crippen LogP contribution in [0.3, 0.4) is 0 Å². The van der Waals surface area contributed by atoms with Crippen molar-refractivity contribution in [1.82, 2.24) is 0 Å². The van der Waals surface area contributed by atoms with Crippen molar-refractivity contribution in [3.8, 4) is 10.4 Å². The van der Waals surface area contributed by atoms with Gasteiger partial charge in [-0.15, -0.1) is 11.3 Å². The Hall–Kier alpha value is -0.670. The molecule has 0 spiro atoms. The topological polar surface area (TPSA) is 0 Å². The maximum absolute atomic E-state index is 13.4. The summed E-state index contributed by atoms with van der Waals surface area (Å²) >= 11 is 4.76. The molecule has 0 unspecified atom stereocenters. The maximum Gasteiger partial charge on any atom is 0.132 e. The van der Waals surface area contributed by atoms with Gasteiger partial charge in [-0.05, 0) is 29.6 Å². The summed E-state index contributed by atoms with van der Waals surface area (Å²) in [6.07, 6.45) is 0. The van der Waals surface area contributed by atoms with E-state index in [1.165, 1.54) is 6.07 Å². The minimum atomic E-state index is -0.183. The molecule has 13 heavy (non-hydrogen) atoms. The number of hydrogen-bond donors (Lipinski definition) is 0. The zero-order valence-corrected chi connectivity index (χ0v) is 9.03. The Bertz CT molecular complexity index is 409. The van der Waals surface area contributed by atoms with Gasteiger partial charge in [-0.2, -0.15) is 0 Å². The Balaban J connectivity index is 2.53. The van der Waals surface area contributed by atoms with Crippen molar-refractivity contribution in [2.75, 3.05) is 0 Å². The molecule has 0 nitrogen and oxygen atoms in total. The van der Waals surface area contributed by atoms with E-state index in [1.807, 2.05) is 23.6 Å². The Morgan fingerprint density at radius 1 is 1.23 bits per heavy atom. The molecule has 0 saturated carbocycles. The molecule has 0 aliphatic rings. The normalized spacial score (nSPS) is 10.3. The largest absolute Gasteiger partial charge is 0.206 e. The Labute approximate surface area is 88.2 Å². The standard InChI is InChI=1S/C10H6BrFS/c11-7-3-4-8(9(12)6-7)10-2-1-5-13-10/h1-6H. The SMILES string of the molecule is Fc1cc(Br)ccc1-c1cccs1. The molecule has 3 heteroatoms. The summed E-state index contributed by atoms with van der Waals surface area (Å²) in [6.45, 7) is 0. The first-order valence-electron chi connectivity index (χ1n) is 3.76. The van der Waals surface area contributed by atoms with Crippen molar-refractivity contribution in [3.63, 3.8) is 0 Å². The molecule has 0 atom stereocenters. The number of thiophene rings is 1. The monoisotopic (exact) mass is 256 g/mol. The molecule has 0 saturated heterocycles. The van der Waals surface area contributed by atoms with Crippen molar-refractivity contribution in [2.45, 2.75) is 0 Å². The molecule has 0 bridgehead atoms. The van der Waals surface area contributed by atoms with Gasteiger partial charge < -0.3 is 0 Å². The van der Waals surface area contributed by atoms with Crippen LogP contribution in [-0.4, -0.2) is 0 Å². The molecule has 1 aromatic heterocycles. The third-order valence-corrected chi connectivity index (χ3v) is 3.11. The zero-order chi connectivity index (χ0) is 9.26. The molecule has 0 radical (unpaired) electrons. The fourth-order valence-corrected chi connectivity index (χ4v) is 2.21. The Morgan fingerprint density at radius 3 is 2.69 bits per heavy atom. The molecule has 1 aromatic carbocycles. The van der Waals surface area contributed by atoms with Gasteiger partial charge in [0, 0.05) is 14.9 Å². The van der Waals surface area contributed by atoms with Crippen LogP contribution >= 0.6 is 27.3 Å². The molecule has 1 heterocycles. The minimum Gasteiger partial charge on any atom is -0.206 e. The molecule has 0 aliphatic carbocycles. The molecule has 2 aromatic rings. The number of hydrogen-bond acceptors (Lipinski definition) is 1. The van der Waals surface area contributed by atoms with Gasteiger partial charge >= 0.3 is 0 Å². The molecule has 66 valence electrons. The van der Waals surface area contributed by atoms with E-state index in [4.69, 9.17) is 0 Å². The first kappa shape index (κ1) is 8.91. The second kappa shape index (κ2) is 3.60. The summed E-state index contributed by atoms with van der Waals surface area (Å²) in [5.41, 5.74) is 0.665. The van der Waals surface area contributed by atoms with Gasteiger partial charge in [-0.1, -0.05) is 22.0 Å². The zero-order valence-electron chi connectivity index (χ0n) is 6.63. The number of halogens is 2. The lowest BCUT2D eigenvalue weighted by Crippen LogP contribution is -1.80. The van der Waals surface area contributed by atoms with Gasteiger partial charge in [0.15, 0.2) is 0 Å². The van der Waals surface area contributed by atoms with Crippen LogP contribution < -0.4 is 0 Å². The van der Waals surface area contributed by atoms with Gasteiger partial charge in [0.1, 0.15) is 5.82 Å². The molecule has 0 N–H and O–H groups in total. The van der Waals surface area contributed by atoms with E-state index in [9.17, 15) is 4.39 Å². The average molecular weight is 257 g/mol. The summed E-state index contributed by atoms with van der Waals surface area (Å²) in [6, 6.07) is 8.94. The van der Waals surface area contributed by atoms with Crippen molar-refractivity contribution >= 4 is 27.3 Å². The van der Waals surface area contributed by atoms with Crippen LogP contribution in [0.15, 0.2) is 40.2 Å². The summed E-state index contributed by atoms with van der Waals surface area (Å²) < 4.78 is 14.2. The molecule has 0 fully saturated rings. The van der Waals surface area contributed by atoms with E-state index in [-0.39, 0.29) is 5.82 Å². The molecular formula is C10H6BrFS.